The van der Waals surface area contributed by atoms with Gasteiger partial charge in [-0.1, -0.05) is 13.3 Å². The summed E-state index contributed by atoms with van der Waals surface area (Å²) in [7, 11) is 0. The van der Waals surface area contributed by atoms with Gasteiger partial charge in [0.05, 0.1) is 12.8 Å². The SMILES string of the molecule is CCCc1cncnc1N1CCN(C2CCN(Cc3ccco3)CC2)CC1. The number of aromatic nitrogens is 2. The number of likely N-dealkylation sites (tertiary alicyclic amines) is 1. The van der Waals surface area contributed by atoms with Crippen molar-refractivity contribution in [2.45, 2.75) is 45.2 Å². The summed E-state index contributed by atoms with van der Waals surface area (Å²) in [6.07, 6.45) is 10.2. The lowest BCUT2D eigenvalue weighted by atomic mass is 10.0. The Balaban J connectivity index is 1.26. The van der Waals surface area contributed by atoms with Gasteiger partial charge >= 0.3 is 0 Å². The van der Waals surface area contributed by atoms with E-state index in [2.05, 4.69) is 37.7 Å². The van der Waals surface area contributed by atoms with Crippen molar-refractivity contribution in [1.82, 2.24) is 19.8 Å². The van der Waals surface area contributed by atoms with E-state index in [0.717, 1.165) is 76.3 Å². The lowest BCUT2D eigenvalue weighted by Crippen LogP contribution is -2.53. The van der Waals surface area contributed by atoms with Crippen LogP contribution in [0.25, 0.3) is 0 Å². The zero-order valence-electron chi connectivity index (χ0n) is 16.4. The van der Waals surface area contributed by atoms with Crippen LogP contribution >= 0.6 is 0 Å². The smallest absolute Gasteiger partial charge is 0.135 e. The van der Waals surface area contributed by atoms with Crippen molar-refractivity contribution in [3.8, 4) is 0 Å². The van der Waals surface area contributed by atoms with E-state index in [-0.39, 0.29) is 0 Å². The molecule has 2 aliphatic heterocycles. The average molecular weight is 370 g/mol. The first-order valence-electron chi connectivity index (χ1n) is 10.4. The summed E-state index contributed by atoms with van der Waals surface area (Å²) in [6, 6.07) is 4.77. The van der Waals surface area contributed by atoms with Gasteiger partial charge < -0.3 is 9.32 Å². The fourth-order valence-corrected chi connectivity index (χ4v) is 4.45. The molecular weight excluding hydrogens is 338 g/mol. The van der Waals surface area contributed by atoms with Crippen LogP contribution in [0.15, 0.2) is 35.3 Å². The van der Waals surface area contributed by atoms with E-state index < -0.39 is 0 Å². The normalized spacial score (nSPS) is 20.3. The van der Waals surface area contributed by atoms with Crippen LogP contribution in [0.5, 0.6) is 0 Å². The van der Waals surface area contributed by atoms with Gasteiger partial charge in [0.25, 0.3) is 0 Å². The van der Waals surface area contributed by atoms with Crippen LogP contribution in [-0.2, 0) is 13.0 Å². The van der Waals surface area contributed by atoms with E-state index in [1.165, 1.54) is 18.4 Å². The number of piperidine rings is 1. The summed E-state index contributed by atoms with van der Waals surface area (Å²) in [4.78, 5) is 16.5. The van der Waals surface area contributed by atoms with Crippen molar-refractivity contribution in [3.05, 3.63) is 42.2 Å². The first-order valence-corrected chi connectivity index (χ1v) is 10.4. The molecule has 2 aromatic heterocycles. The molecule has 6 heteroatoms. The molecular formula is C21H31N5O. The molecule has 146 valence electrons. The molecule has 4 heterocycles. The van der Waals surface area contributed by atoms with Gasteiger partial charge in [-0.25, -0.2) is 9.97 Å². The molecule has 2 fully saturated rings. The maximum absolute atomic E-state index is 5.49. The van der Waals surface area contributed by atoms with Gasteiger partial charge in [0.1, 0.15) is 17.9 Å². The molecule has 0 unspecified atom stereocenters. The van der Waals surface area contributed by atoms with Crippen LogP contribution in [0.1, 0.15) is 37.5 Å². The van der Waals surface area contributed by atoms with Crippen LogP contribution in [0.4, 0.5) is 5.82 Å². The fourth-order valence-electron chi connectivity index (χ4n) is 4.45. The Hall–Kier alpha value is -1.92. The standard InChI is InChI=1S/C21H31N5O/c1-2-4-18-15-22-17-23-21(18)26-12-10-25(11-13-26)19-6-8-24(9-7-19)16-20-5-3-14-27-20/h3,5,14-15,17,19H,2,4,6-13,16H2,1H3. The number of anilines is 1. The zero-order valence-corrected chi connectivity index (χ0v) is 16.4. The Morgan fingerprint density at radius 2 is 1.93 bits per heavy atom. The van der Waals surface area contributed by atoms with Crippen molar-refractivity contribution in [3.63, 3.8) is 0 Å². The molecule has 0 atom stereocenters. The topological polar surface area (TPSA) is 48.6 Å². The Labute approximate surface area is 162 Å². The third kappa shape index (κ3) is 4.50. The summed E-state index contributed by atoms with van der Waals surface area (Å²) in [5.74, 6) is 2.23. The number of nitrogens with zero attached hydrogens (tertiary/aromatic N) is 5. The van der Waals surface area contributed by atoms with Crippen LogP contribution in [0, 0.1) is 0 Å². The highest BCUT2D eigenvalue weighted by atomic mass is 16.3. The van der Waals surface area contributed by atoms with E-state index in [9.17, 15) is 0 Å². The number of piperazine rings is 1. The largest absolute Gasteiger partial charge is 0.468 e. The number of rotatable bonds is 6. The summed E-state index contributed by atoms with van der Waals surface area (Å²) in [5.41, 5.74) is 1.29. The van der Waals surface area contributed by atoms with Crippen molar-refractivity contribution < 1.29 is 4.42 Å². The monoisotopic (exact) mass is 369 g/mol. The van der Waals surface area contributed by atoms with Crippen molar-refractivity contribution >= 4 is 5.82 Å². The quantitative estimate of drug-likeness (QED) is 0.780. The minimum absolute atomic E-state index is 0.723. The molecule has 0 amide bonds. The first-order chi connectivity index (χ1) is 13.3. The predicted molar refractivity (Wildman–Crippen MR) is 107 cm³/mol. The highest BCUT2D eigenvalue weighted by molar-refractivity contribution is 5.46. The Bertz CT molecular complexity index is 688. The molecule has 0 saturated carbocycles. The maximum Gasteiger partial charge on any atom is 0.135 e. The van der Waals surface area contributed by atoms with Gasteiger partial charge in [0, 0.05) is 57.1 Å². The minimum atomic E-state index is 0.723. The van der Waals surface area contributed by atoms with Gasteiger partial charge in [-0.2, -0.15) is 0 Å². The van der Waals surface area contributed by atoms with Gasteiger partial charge in [0.15, 0.2) is 0 Å². The first kappa shape index (κ1) is 18.4. The maximum atomic E-state index is 5.49. The minimum Gasteiger partial charge on any atom is -0.468 e. The van der Waals surface area contributed by atoms with Gasteiger partial charge in [-0.15, -0.1) is 0 Å². The summed E-state index contributed by atoms with van der Waals surface area (Å²) >= 11 is 0. The summed E-state index contributed by atoms with van der Waals surface area (Å²) in [5, 5.41) is 0. The Morgan fingerprint density at radius 1 is 1.11 bits per heavy atom. The molecule has 6 nitrogen and oxygen atoms in total. The van der Waals surface area contributed by atoms with Crippen LogP contribution in [0.3, 0.4) is 0 Å². The van der Waals surface area contributed by atoms with Gasteiger partial charge in [-0.3, -0.25) is 9.80 Å². The molecule has 0 N–H and O–H groups in total. The summed E-state index contributed by atoms with van der Waals surface area (Å²) in [6.45, 7) is 9.90. The van der Waals surface area contributed by atoms with Crippen LogP contribution in [-0.4, -0.2) is 65.1 Å². The fraction of sp³-hybridized carbons (Fsp3) is 0.619. The Kier molecular flexibility index (Phi) is 6.04. The molecule has 0 spiro atoms. The van der Waals surface area contributed by atoms with Crippen molar-refractivity contribution in [2.24, 2.45) is 0 Å². The molecule has 27 heavy (non-hydrogen) atoms. The second kappa shape index (κ2) is 8.85. The highest BCUT2D eigenvalue weighted by Gasteiger charge is 2.28. The number of aryl methyl sites for hydroxylation is 1. The second-order valence-corrected chi connectivity index (χ2v) is 7.73. The highest BCUT2D eigenvalue weighted by Crippen LogP contribution is 2.23. The van der Waals surface area contributed by atoms with E-state index >= 15 is 0 Å². The third-order valence-corrected chi connectivity index (χ3v) is 5.93. The molecule has 0 aliphatic carbocycles. The molecule has 0 aromatic carbocycles. The Morgan fingerprint density at radius 3 is 2.63 bits per heavy atom. The van der Waals surface area contributed by atoms with Gasteiger partial charge in [0.2, 0.25) is 0 Å². The van der Waals surface area contributed by atoms with E-state index in [1.54, 1.807) is 12.6 Å². The average Bonchev–Trinajstić information content (AvgIpc) is 3.23. The van der Waals surface area contributed by atoms with Crippen LogP contribution in [0.2, 0.25) is 0 Å². The number of hydrogen-bond acceptors (Lipinski definition) is 6. The van der Waals surface area contributed by atoms with E-state index in [1.807, 2.05) is 12.3 Å². The number of hydrogen-bond donors (Lipinski definition) is 0. The predicted octanol–water partition coefficient (Wildman–Crippen LogP) is 2.81. The molecule has 0 radical (unpaired) electrons. The lowest BCUT2D eigenvalue weighted by molar-refractivity contribution is 0.0961. The van der Waals surface area contributed by atoms with Gasteiger partial charge in [-0.05, 0) is 31.4 Å². The van der Waals surface area contributed by atoms with E-state index in [0.29, 0.717) is 0 Å². The van der Waals surface area contributed by atoms with Crippen molar-refractivity contribution in [1.29, 1.82) is 0 Å². The molecule has 2 aromatic rings. The molecule has 2 aliphatic rings. The molecule has 0 bridgehead atoms. The van der Waals surface area contributed by atoms with Crippen LogP contribution < -0.4 is 4.90 Å². The molecule has 2 saturated heterocycles. The number of furan rings is 1. The molecule has 4 rings (SSSR count). The summed E-state index contributed by atoms with van der Waals surface area (Å²) < 4.78 is 5.49. The zero-order chi connectivity index (χ0) is 18.5. The van der Waals surface area contributed by atoms with Crippen molar-refractivity contribution in [2.75, 3.05) is 44.2 Å². The third-order valence-electron chi connectivity index (χ3n) is 5.93. The second-order valence-electron chi connectivity index (χ2n) is 7.73. The van der Waals surface area contributed by atoms with E-state index in [4.69, 9.17) is 4.42 Å². The lowest BCUT2D eigenvalue weighted by Gasteiger charge is -2.43.